The number of amides is 1. The number of pyridine rings is 1. The van der Waals surface area contributed by atoms with Crippen molar-refractivity contribution in [3.05, 3.63) is 65.1 Å². The predicted molar refractivity (Wildman–Crippen MR) is 135 cm³/mol. The van der Waals surface area contributed by atoms with E-state index >= 15 is 0 Å². The molecule has 0 saturated heterocycles. The number of H-pyrrole nitrogens is 1. The zero-order chi connectivity index (χ0) is 24.6. The van der Waals surface area contributed by atoms with Gasteiger partial charge in [-0.15, -0.1) is 0 Å². The number of aryl methyl sites for hydroxylation is 1. The summed E-state index contributed by atoms with van der Waals surface area (Å²) in [5.41, 5.74) is 4.93. The van der Waals surface area contributed by atoms with Crippen molar-refractivity contribution in [3.8, 4) is 0 Å². The number of halogens is 1. The van der Waals surface area contributed by atoms with E-state index < -0.39 is 5.97 Å². The van der Waals surface area contributed by atoms with E-state index in [9.17, 15) is 9.18 Å². The Labute approximate surface area is 206 Å². The first kappa shape index (κ1) is 23.6. The number of rotatable bonds is 6. The molecule has 3 N–H and O–H groups in total. The Hall–Kier alpha value is -3.09. The van der Waals surface area contributed by atoms with E-state index in [4.69, 9.17) is 10.5 Å². The summed E-state index contributed by atoms with van der Waals surface area (Å²) in [5.74, 6) is 1.40. The summed E-state index contributed by atoms with van der Waals surface area (Å²) in [6, 6.07) is 3.80. The molecule has 3 aliphatic carbocycles. The molecule has 1 amide bonds. The van der Waals surface area contributed by atoms with Gasteiger partial charge in [-0.25, -0.2) is 4.98 Å². The fourth-order valence-corrected chi connectivity index (χ4v) is 7.27. The van der Waals surface area contributed by atoms with Gasteiger partial charge in [0.1, 0.15) is 5.82 Å². The van der Waals surface area contributed by atoms with Crippen LogP contribution in [-0.2, 0) is 10.2 Å². The first-order valence-corrected chi connectivity index (χ1v) is 12.7. The standard InChI is InChI=1S/C28H34FN5O/c1-17-12-14-31-24(15-17)33-25(35)10-9-21-22-16-32-34-27(22)28(2)13-11-19-18(6-4-8-23(29)30)5-3-7-20(19)26(21)28/h4,6,8,12,14-16,19-21,26,30H,3,5,7,9-11,13H2,1-2H3,(H,32,34)(H,31,33,35)/b8-4-,18-6+,30-23?/t19?,20?,21-,26?,28+/m1/s1. The van der Waals surface area contributed by atoms with Gasteiger partial charge in [0.15, 0.2) is 0 Å². The van der Waals surface area contributed by atoms with Crippen molar-refractivity contribution in [1.82, 2.24) is 15.2 Å². The Kier molecular flexibility index (Phi) is 6.43. The highest BCUT2D eigenvalue weighted by Crippen LogP contribution is 2.63. The van der Waals surface area contributed by atoms with E-state index in [-0.39, 0.29) is 17.2 Å². The molecule has 35 heavy (non-hydrogen) atoms. The Bertz CT molecular complexity index is 1180. The number of aromatic nitrogens is 3. The van der Waals surface area contributed by atoms with Gasteiger partial charge < -0.3 is 5.32 Å². The largest absolute Gasteiger partial charge is 0.311 e. The third kappa shape index (κ3) is 4.48. The summed E-state index contributed by atoms with van der Waals surface area (Å²) in [6.07, 6.45) is 15.4. The normalized spacial score (nSPS) is 30.7. The second kappa shape index (κ2) is 9.51. The van der Waals surface area contributed by atoms with Crippen LogP contribution in [0.2, 0.25) is 0 Å². The van der Waals surface area contributed by atoms with Crippen molar-refractivity contribution in [2.75, 3.05) is 5.32 Å². The van der Waals surface area contributed by atoms with Crippen LogP contribution in [0.1, 0.15) is 74.6 Å². The fraction of sp³-hybridized carbons (Fsp3) is 0.500. The lowest BCUT2D eigenvalue weighted by molar-refractivity contribution is -0.116. The van der Waals surface area contributed by atoms with Crippen molar-refractivity contribution >= 4 is 17.7 Å². The molecule has 3 unspecified atom stereocenters. The summed E-state index contributed by atoms with van der Waals surface area (Å²) in [4.78, 5) is 17.1. The SMILES string of the molecule is Cc1ccnc(NC(=O)CC[C@@H]2c3c[nH]nc3[C@@]3(C)CCC4/C(=C/C=C\C(=N)F)CCCC4C23)c1. The third-order valence-electron chi connectivity index (χ3n) is 8.63. The van der Waals surface area contributed by atoms with Crippen molar-refractivity contribution < 1.29 is 9.18 Å². The van der Waals surface area contributed by atoms with Gasteiger partial charge in [0.2, 0.25) is 11.9 Å². The molecule has 0 bridgehead atoms. The molecule has 0 aliphatic heterocycles. The summed E-state index contributed by atoms with van der Waals surface area (Å²) in [6.45, 7) is 4.35. The summed E-state index contributed by atoms with van der Waals surface area (Å²) in [5, 5.41) is 17.8. The molecule has 184 valence electrons. The van der Waals surface area contributed by atoms with Gasteiger partial charge in [0, 0.05) is 24.2 Å². The molecule has 3 aliphatic rings. The second-order valence-electron chi connectivity index (χ2n) is 10.7. The Morgan fingerprint density at radius 3 is 3.06 bits per heavy atom. The lowest BCUT2D eigenvalue weighted by Crippen LogP contribution is -2.45. The number of nitrogens with one attached hydrogen (secondary N) is 3. The second-order valence-corrected chi connectivity index (χ2v) is 10.7. The van der Waals surface area contributed by atoms with Crippen molar-refractivity contribution in [1.29, 1.82) is 5.41 Å². The molecule has 0 spiro atoms. The maximum absolute atomic E-state index is 12.9. The molecule has 7 heteroatoms. The van der Waals surface area contributed by atoms with Crippen molar-refractivity contribution in [2.24, 2.45) is 17.8 Å². The maximum Gasteiger partial charge on any atom is 0.225 e. The highest BCUT2D eigenvalue weighted by molar-refractivity contribution is 5.89. The molecule has 2 heterocycles. The van der Waals surface area contributed by atoms with E-state index in [2.05, 4.69) is 22.3 Å². The highest BCUT2D eigenvalue weighted by Gasteiger charge is 2.58. The van der Waals surface area contributed by atoms with Gasteiger partial charge in [0.25, 0.3) is 0 Å². The van der Waals surface area contributed by atoms with Crippen LogP contribution in [0.4, 0.5) is 10.2 Å². The van der Waals surface area contributed by atoms with Gasteiger partial charge in [-0.05, 0) is 98.5 Å². The van der Waals surface area contributed by atoms with Gasteiger partial charge in [0.05, 0.1) is 5.69 Å². The van der Waals surface area contributed by atoms with Gasteiger partial charge in [-0.1, -0.05) is 24.6 Å². The minimum absolute atomic E-state index is 0.00264. The number of fused-ring (bicyclic) bond motifs is 5. The molecule has 0 radical (unpaired) electrons. The lowest BCUT2D eigenvalue weighted by atomic mass is 9.53. The minimum Gasteiger partial charge on any atom is -0.311 e. The van der Waals surface area contributed by atoms with Crippen molar-refractivity contribution in [2.45, 2.75) is 70.1 Å². The number of hydrogen-bond acceptors (Lipinski definition) is 4. The van der Waals surface area contributed by atoms with E-state index in [1.165, 1.54) is 29.3 Å². The molecular weight excluding hydrogens is 441 g/mol. The zero-order valence-electron chi connectivity index (χ0n) is 20.5. The zero-order valence-corrected chi connectivity index (χ0v) is 20.5. The van der Waals surface area contributed by atoms with Crippen LogP contribution in [0, 0.1) is 30.1 Å². The number of carbonyl (C=O) groups is 1. The monoisotopic (exact) mass is 475 g/mol. The molecule has 5 rings (SSSR count). The first-order chi connectivity index (χ1) is 16.9. The average Bonchev–Trinajstić information content (AvgIpc) is 3.39. The van der Waals surface area contributed by atoms with Gasteiger partial charge >= 0.3 is 0 Å². The molecule has 2 aromatic rings. The van der Waals surface area contributed by atoms with E-state index in [0.717, 1.165) is 37.7 Å². The van der Waals surface area contributed by atoms with Gasteiger partial charge in [-0.3, -0.25) is 15.3 Å². The predicted octanol–water partition coefficient (Wildman–Crippen LogP) is 6.14. The number of carbonyl (C=O) groups excluding carboxylic acids is 1. The number of allylic oxidation sites excluding steroid dienone is 4. The lowest BCUT2D eigenvalue weighted by Gasteiger charge is -2.51. The molecule has 2 fully saturated rings. The molecular formula is C28H34FN5O. The first-order valence-electron chi connectivity index (χ1n) is 12.7. The average molecular weight is 476 g/mol. The molecule has 2 saturated carbocycles. The minimum atomic E-state index is -0.911. The Balaban J connectivity index is 1.37. The van der Waals surface area contributed by atoms with Crippen molar-refractivity contribution in [3.63, 3.8) is 0 Å². The van der Waals surface area contributed by atoms with Gasteiger partial charge in [-0.2, -0.15) is 9.49 Å². The smallest absolute Gasteiger partial charge is 0.225 e. The summed E-state index contributed by atoms with van der Waals surface area (Å²) in [7, 11) is 0. The molecule has 6 nitrogen and oxygen atoms in total. The molecule has 2 aromatic heterocycles. The third-order valence-corrected chi connectivity index (χ3v) is 8.63. The maximum atomic E-state index is 12.9. The van der Waals surface area contributed by atoms with E-state index in [1.54, 1.807) is 12.3 Å². The summed E-state index contributed by atoms with van der Waals surface area (Å²) < 4.78 is 12.9. The number of aromatic amines is 1. The Morgan fingerprint density at radius 1 is 1.40 bits per heavy atom. The topological polar surface area (TPSA) is 94.5 Å². The Morgan fingerprint density at radius 2 is 2.26 bits per heavy atom. The van der Waals surface area contributed by atoms with Crippen LogP contribution in [-0.4, -0.2) is 27.1 Å². The number of nitrogens with zero attached hydrogens (tertiary/aromatic N) is 2. The summed E-state index contributed by atoms with van der Waals surface area (Å²) >= 11 is 0. The highest BCUT2D eigenvalue weighted by atomic mass is 19.1. The van der Waals surface area contributed by atoms with E-state index in [1.807, 2.05) is 31.3 Å². The number of anilines is 1. The van der Waals surface area contributed by atoms with Crippen LogP contribution in [0.3, 0.4) is 0 Å². The molecule has 0 aromatic carbocycles. The van der Waals surface area contributed by atoms with Crippen LogP contribution in [0.5, 0.6) is 0 Å². The van der Waals surface area contributed by atoms with Crippen LogP contribution in [0.15, 0.2) is 48.3 Å². The quantitative estimate of drug-likeness (QED) is 0.438. The fourth-order valence-electron chi connectivity index (χ4n) is 7.27. The number of hydrogen-bond donors (Lipinski definition) is 3. The van der Waals surface area contributed by atoms with Crippen LogP contribution >= 0.6 is 0 Å². The van der Waals surface area contributed by atoms with Crippen LogP contribution < -0.4 is 5.32 Å². The van der Waals surface area contributed by atoms with Crippen LogP contribution in [0.25, 0.3) is 0 Å². The van der Waals surface area contributed by atoms with E-state index in [0.29, 0.717) is 30.0 Å². The molecule has 5 atom stereocenters.